The van der Waals surface area contributed by atoms with Gasteiger partial charge in [0, 0.05) is 17.8 Å². The molecule has 2 heterocycles. The van der Waals surface area contributed by atoms with E-state index in [4.69, 9.17) is 4.74 Å². The molecule has 134 valence electrons. The van der Waals surface area contributed by atoms with E-state index in [1.807, 2.05) is 38.1 Å². The minimum Gasteiger partial charge on any atom is -0.490 e. The average molecular weight is 352 g/mol. The van der Waals surface area contributed by atoms with E-state index >= 15 is 0 Å². The van der Waals surface area contributed by atoms with Crippen molar-refractivity contribution >= 4 is 17.5 Å². The molecule has 1 aromatic carbocycles. The number of hydrogen-bond donors (Lipinski definition) is 2. The van der Waals surface area contributed by atoms with Crippen LogP contribution < -0.4 is 15.4 Å². The van der Waals surface area contributed by atoms with Crippen LogP contribution in [0.5, 0.6) is 5.75 Å². The SMILES string of the molecule is C=C/C=C\C(=C/C)Nc1nc(Nc2ccc3c(c2)CC(C)O3)ncc1F. The van der Waals surface area contributed by atoms with Crippen LogP contribution in [0.15, 0.2) is 61.0 Å². The maximum atomic E-state index is 14.0. The molecule has 3 rings (SSSR count). The second-order valence-corrected chi connectivity index (χ2v) is 5.93. The Morgan fingerprint density at radius 2 is 2.27 bits per heavy atom. The Morgan fingerprint density at radius 1 is 1.42 bits per heavy atom. The second kappa shape index (κ2) is 7.82. The first kappa shape index (κ1) is 17.7. The van der Waals surface area contributed by atoms with Gasteiger partial charge < -0.3 is 15.4 Å². The molecule has 6 heteroatoms. The Morgan fingerprint density at radius 3 is 3.04 bits per heavy atom. The van der Waals surface area contributed by atoms with Gasteiger partial charge in [0.05, 0.1) is 6.20 Å². The Kier molecular flexibility index (Phi) is 5.31. The van der Waals surface area contributed by atoms with Gasteiger partial charge in [-0.2, -0.15) is 4.98 Å². The molecule has 0 amide bonds. The monoisotopic (exact) mass is 352 g/mol. The quantitative estimate of drug-likeness (QED) is 0.735. The number of fused-ring (bicyclic) bond motifs is 1. The third-order valence-corrected chi connectivity index (χ3v) is 3.88. The highest BCUT2D eigenvalue weighted by Gasteiger charge is 2.19. The van der Waals surface area contributed by atoms with Gasteiger partial charge in [-0.1, -0.05) is 24.8 Å². The van der Waals surface area contributed by atoms with Crippen LogP contribution in [0.25, 0.3) is 0 Å². The first-order valence-electron chi connectivity index (χ1n) is 8.40. The summed E-state index contributed by atoms with van der Waals surface area (Å²) in [5.41, 5.74) is 2.67. The number of ether oxygens (including phenoxy) is 1. The van der Waals surface area contributed by atoms with Gasteiger partial charge in [0.25, 0.3) is 0 Å². The van der Waals surface area contributed by atoms with Gasteiger partial charge in [-0.05, 0) is 43.7 Å². The lowest BCUT2D eigenvalue weighted by Crippen LogP contribution is -2.06. The molecule has 1 aliphatic heterocycles. The summed E-state index contributed by atoms with van der Waals surface area (Å²) in [5.74, 6) is 0.779. The summed E-state index contributed by atoms with van der Waals surface area (Å²) in [6.45, 7) is 7.51. The summed E-state index contributed by atoms with van der Waals surface area (Å²) in [7, 11) is 0. The van der Waals surface area contributed by atoms with Crippen molar-refractivity contribution in [2.75, 3.05) is 10.6 Å². The molecule has 2 aromatic rings. The molecule has 0 aliphatic carbocycles. The highest BCUT2D eigenvalue weighted by Crippen LogP contribution is 2.31. The third-order valence-electron chi connectivity index (χ3n) is 3.88. The fourth-order valence-corrected chi connectivity index (χ4v) is 2.66. The van der Waals surface area contributed by atoms with Gasteiger partial charge in [-0.15, -0.1) is 0 Å². The van der Waals surface area contributed by atoms with E-state index < -0.39 is 5.82 Å². The van der Waals surface area contributed by atoms with Crippen LogP contribution >= 0.6 is 0 Å². The zero-order valence-electron chi connectivity index (χ0n) is 14.8. The number of hydrogen-bond acceptors (Lipinski definition) is 5. The van der Waals surface area contributed by atoms with E-state index in [9.17, 15) is 4.39 Å². The number of allylic oxidation sites excluding steroid dienone is 4. The Balaban J connectivity index is 1.78. The minimum absolute atomic E-state index is 0.0995. The van der Waals surface area contributed by atoms with E-state index in [-0.39, 0.29) is 11.9 Å². The molecule has 0 spiro atoms. The molecule has 1 atom stereocenters. The molecule has 1 aliphatic rings. The highest BCUT2D eigenvalue weighted by atomic mass is 19.1. The second-order valence-electron chi connectivity index (χ2n) is 5.93. The van der Waals surface area contributed by atoms with Gasteiger partial charge >= 0.3 is 0 Å². The molecule has 2 N–H and O–H groups in total. The number of rotatable bonds is 6. The number of nitrogens with zero attached hydrogens (tertiary/aromatic N) is 2. The molecule has 0 fully saturated rings. The van der Waals surface area contributed by atoms with E-state index in [1.54, 1.807) is 18.2 Å². The number of anilines is 3. The smallest absolute Gasteiger partial charge is 0.229 e. The number of halogens is 1. The third kappa shape index (κ3) is 4.08. The van der Waals surface area contributed by atoms with Crippen molar-refractivity contribution in [1.29, 1.82) is 0 Å². The zero-order valence-corrected chi connectivity index (χ0v) is 14.8. The lowest BCUT2D eigenvalue weighted by atomic mass is 10.1. The predicted octanol–water partition coefficient (Wildman–Crippen LogP) is 4.74. The molecule has 0 bridgehead atoms. The molecule has 0 saturated carbocycles. The summed E-state index contributed by atoms with van der Waals surface area (Å²) >= 11 is 0. The largest absolute Gasteiger partial charge is 0.490 e. The zero-order chi connectivity index (χ0) is 18.5. The maximum Gasteiger partial charge on any atom is 0.229 e. The van der Waals surface area contributed by atoms with Gasteiger partial charge in [-0.3, -0.25) is 0 Å². The molecule has 26 heavy (non-hydrogen) atoms. The fraction of sp³-hybridized carbons (Fsp3) is 0.200. The summed E-state index contributed by atoms with van der Waals surface area (Å²) < 4.78 is 19.7. The number of nitrogens with one attached hydrogen (secondary N) is 2. The molecular weight excluding hydrogens is 331 g/mol. The van der Waals surface area contributed by atoms with Crippen molar-refractivity contribution in [2.24, 2.45) is 0 Å². The predicted molar refractivity (Wildman–Crippen MR) is 102 cm³/mol. The van der Waals surface area contributed by atoms with E-state index in [0.29, 0.717) is 11.6 Å². The van der Waals surface area contributed by atoms with Crippen LogP contribution in [-0.2, 0) is 6.42 Å². The minimum atomic E-state index is -0.530. The standard InChI is InChI=1S/C20H21FN4O/c1-4-6-7-15(5-2)23-19-17(21)12-22-20(25-19)24-16-8-9-18-14(11-16)10-13(3)26-18/h4-9,11-13H,1,10H2,2-3H3,(H2,22,23,24,25)/b7-6-,15-5+. The van der Waals surface area contributed by atoms with E-state index in [1.165, 1.54) is 0 Å². The Labute approximate surface area is 152 Å². The first-order valence-corrected chi connectivity index (χ1v) is 8.40. The van der Waals surface area contributed by atoms with E-state index in [0.717, 1.165) is 29.6 Å². The number of benzene rings is 1. The van der Waals surface area contributed by atoms with Crippen LogP contribution in [-0.4, -0.2) is 16.1 Å². The normalized spacial score (nSPS) is 16.3. The van der Waals surface area contributed by atoms with Crippen LogP contribution in [0.4, 0.5) is 21.8 Å². The van der Waals surface area contributed by atoms with Crippen molar-refractivity contribution in [3.63, 3.8) is 0 Å². The Bertz CT molecular complexity index is 876. The van der Waals surface area contributed by atoms with Gasteiger partial charge in [0.15, 0.2) is 11.6 Å². The average Bonchev–Trinajstić information content (AvgIpc) is 3.00. The molecule has 1 unspecified atom stereocenters. The van der Waals surface area contributed by atoms with Crippen LogP contribution in [0.3, 0.4) is 0 Å². The highest BCUT2D eigenvalue weighted by molar-refractivity contribution is 5.59. The van der Waals surface area contributed by atoms with Crippen molar-refractivity contribution in [2.45, 2.75) is 26.4 Å². The Hall–Kier alpha value is -3.15. The topological polar surface area (TPSA) is 59.1 Å². The van der Waals surface area contributed by atoms with Gasteiger partial charge in [-0.25, -0.2) is 9.37 Å². The van der Waals surface area contributed by atoms with Crippen molar-refractivity contribution < 1.29 is 9.13 Å². The molecule has 5 nitrogen and oxygen atoms in total. The maximum absolute atomic E-state index is 14.0. The molecular formula is C20H21FN4O. The van der Waals surface area contributed by atoms with Crippen molar-refractivity contribution in [3.05, 3.63) is 72.4 Å². The summed E-state index contributed by atoms with van der Waals surface area (Å²) in [5, 5.41) is 6.06. The van der Waals surface area contributed by atoms with Crippen LogP contribution in [0.1, 0.15) is 19.4 Å². The van der Waals surface area contributed by atoms with Crippen LogP contribution in [0, 0.1) is 5.82 Å². The summed E-state index contributed by atoms with van der Waals surface area (Å²) in [6, 6.07) is 5.81. The molecule has 1 aromatic heterocycles. The van der Waals surface area contributed by atoms with E-state index in [2.05, 4.69) is 27.2 Å². The van der Waals surface area contributed by atoms with Crippen molar-refractivity contribution in [1.82, 2.24) is 9.97 Å². The molecule has 0 saturated heterocycles. The number of aromatic nitrogens is 2. The summed E-state index contributed by atoms with van der Waals surface area (Å²) in [6.07, 6.45) is 9.19. The summed E-state index contributed by atoms with van der Waals surface area (Å²) in [4.78, 5) is 8.25. The molecule has 0 radical (unpaired) electrons. The van der Waals surface area contributed by atoms with Gasteiger partial charge in [0.1, 0.15) is 11.9 Å². The first-order chi connectivity index (χ1) is 12.6. The van der Waals surface area contributed by atoms with Gasteiger partial charge in [0.2, 0.25) is 5.95 Å². The fourth-order valence-electron chi connectivity index (χ4n) is 2.66. The lowest BCUT2D eigenvalue weighted by Gasteiger charge is -2.10. The van der Waals surface area contributed by atoms with Crippen molar-refractivity contribution in [3.8, 4) is 5.75 Å². The van der Waals surface area contributed by atoms with Crippen LogP contribution in [0.2, 0.25) is 0 Å². The lowest BCUT2D eigenvalue weighted by molar-refractivity contribution is 0.254.